The summed E-state index contributed by atoms with van der Waals surface area (Å²) in [5.74, 6) is -0.599. The molecule has 0 fully saturated rings. The molecule has 0 saturated heterocycles. The Kier molecular flexibility index (Phi) is 4.73. The molecule has 0 aliphatic rings. The average Bonchev–Trinajstić information content (AvgIpc) is 3.11. The Morgan fingerprint density at radius 2 is 1.62 bits per heavy atom. The summed E-state index contributed by atoms with van der Waals surface area (Å²) in [5.41, 5.74) is 2.13. The van der Waals surface area contributed by atoms with E-state index in [1.165, 1.54) is 36.4 Å². The van der Waals surface area contributed by atoms with Crippen LogP contribution in [0.4, 0.5) is 16.0 Å². The van der Waals surface area contributed by atoms with E-state index in [1.54, 1.807) is 0 Å². The molecule has 0 bridgehead atoms. The molecule has 7 nitrogen and oxygen atoms in total. The van der Waals surface area contributed by atoms with Crippen LogP contribution in [0, 0.1) is 5.82 Å². The highest BCUT2D eigenvalue weighted by Gasteiger charge is 2.15. The lowest BCUT2D eigenvalue weighted by molar-refractivity contribution is 0.102. The van der Waals surface area contributed by atoms with Crippen LogP contribution in [0.1, 0.15) is 10.4 Å². The van der Waals surface area contributed by atoms with Gasteiger partial charge in [0.25, 0.3) is 15.9 Å². The lowest BCUT2D eigenvalue weighted by Gasteiger charge is -2.09. The van der Waals surface area contributed by atoms with Crippen molar-refractivity contribution in [3.05, 3.63) is 84.2 Å². The molecule has 0 atom stereocenters. The molecule has 1 aromatic heterocycles. The van der Waals surface area contributed by atoms with Crippen molar-refractivity contribution in [2.45, 2.75) is 4.90 Å². The molecule has 3 aromatic carbocycles. The molecule has 3 N–H and O–H groups in total. The van der Waals surface area contributed by atoms with Crippen LogP contribution >= 0.6 is 0 Å². The highest BCUT2D eigenvalue weighted by Crippen LogP contribution is 2.18. The second-order valence-corrected chi connectivity index (χ2v) is 7.88. The number of hydrogen-bond acceptors (Lipinski definition) is 4. The second-order valence-electron chi connectivity index (χ2n) is 6.19. The number of imidazole rings is 1. The maximum atomic E-state index is 13.0. The van der Waals surface area contributed by atoms with Gasteiger partial charge in [0, 0.05) is 11.3 Å². The van der Waals surface area contributed by atoms with E-state index in [0.717, 1.165) is 23.2 Å². The van der Waals surface area contributed by atoms with Gasteiger partial charge < -0.3 is 4.98 Å². The monoisotopic (exact) mass is 410 g/mol. The largest absolute Gasteiger partial charge is 0.324 e. The van der Waals surface area contributed by atoms with Gasteiger partial charge in [-0.25, -0.2) is 17.8 Å². The number of carbonyl (C=O) groups excluding carboxylic acids is 1. The second kappa shape index (κ2) is 7.36. The van der Waals surface area contributed by atoms with E-state index in [1.807, 2.05) is 24.3 Å². The third kappa shape index (κ3) is 4.09. The number of para-hydroxylation sites is 2. The molecule has 4 rings (SSSR count). The molecule has 0 radical (unpaired) electrons. The van der Waals surface area contributed by atoms with Crippen molar-refractivity contribution in [2.24, 2.45) is 0 Å². The quantitative estimate of drug-likeness (QED) is 0.466. The van der Waals surface area contributed by atoms with Crippen molar-refractivity contribution < 1.29 is 17.6 Å². The van der Waals surface area contributed by atoms with Gasteiger partial charge in [-0.2, -0.15) is 0 Å². The summed E-state index contributed by atoms with van der Waals surface area (Å²) in [6, 6.07) is 17.8. The minimum absolute atomic E-state index is 0.0643. The first kappa shape index (κ1) is 18.6. The molecule has 9 heteroatoms. The Morgan fingerprint density at radius 3 is 2.31 bits per heavy atom. The Balaban J connectivity index is 1.46. The van der Waals surface area contributed by atoms with Gasteiger partial charge in [0.2, 0.25) is 5.95 Å². The number of aromatic nitrogens is 2. The molecule has 1 amide bonds. The standard InChI is InChI=1S/C20H15FN4O3S/c21-14-7-11-16(12-8-14)29(27,28)25-15-9-5-13(6-10-15)19(26)24-20-22-17-3-1-2-4-18(17)23-20/h1-12,25H,(H2,22,23,24,26). The molecule has 29 heavy (non-hydrogen) atoms. The lowest BCUT2D eigenvalue weighted by Crippen LogP contribution is -2.14. The van der Waals surface area contributed by atoms with Crippen LogP contribution < -0.4 is 10.0 Å². The molecule has 4 aromatic rings. The molecule has 0 spiro atoms. The summed E-state index contributed by atoms with van der Waals surface area (Å²) in [6.45, 7) is 0. The zero-order valence-corrected chi connectivity index (χ0v) is 15.7. The number of carbonyl (C=O) groups is 1. The van der Waals surface area contributed by atoms with Gasteiger partial charge in [-0.3, -0.25) is 14.8 Å². The third-order valence-corrected chi connectivity index (χ3v) is 5.54. The van der Waals surface area contributed by atoms with Crippen LogP contribution in [0.2, 0.25) is 0 Å². The van der Waals surface area contributed by atoms with E-state index in [4.69, 9.17) is 0 Å². The van der Waals surface area contributed by atoms with E-state index >= 15 is 0 Å². The lowest BCUT2D eigenvalue weighted by atomic mass is 10.2. The fourth-order valence-corrected chi connectivity index (χ4v) is 3.77. The number of H-pyrrole nitrogens is 1. The van der Waals surface area contributed by atoms with Crippen LogP contribution in [0.5, 0.6) is 0 Å². The van der Waals surface area contributed by atoms with Crippen LogP contribution in [0.3, 0.4) is 0 Å². The Bertz CT molecular complexity index is 1250. The maximum absolute atomic E-state index is 13.0. The Morgan fingerprint density at radius 1 is 0.931 bits per heavy atom. The first-order valence-electron chi connectivity index (χ1n) is 8.55. The van der Waals surface area contributed by atoms with Gasteiger partial charge in [-0.1, -0.05) is 12.1 Å². The summed E-state index contributed by atoms with van der Waals surface area (Å²) in [4.78, 5) is 19.6. The van der Waals surface area contributed by atoms with Crippen LogP contribution in [0.25, 0.3) is 11.0 Å². The number of hydrogen-bond donors (Lipinski definition) is 3. The van der Waals surface area contributed by atoms with Crippen molar-refractivity contribution in [3.63, 3.8) is 0 Å². The number of rotatable bonds is 5. The van der Waals surface area contributed by atoms with Crippen molar-refractivity contribution >= 4 is 38.6 Å². The molecule has 0 unspecified atom stereocenters. The van der Waals surface area contributed by atoms with Crippen molar-refractivity contribution in [1.82, 2.24) is 9.97 Å². The molecular formula is C20H15FN4O3S. The summed E-state index contributed by atoms with van der Waals surface area (Å²) >= 11 is 0. The van der Waals surface area contributed by atoms with E-state index in [0.29, 0.717) is 11.5 Å². The number of nitrogens with zero attached hydrogens (tertiary/aromatic N) is 1. The van der Waals surface area contributed by atoms with Crippen LogP contribution in [0.15, 0.2) is 77.7 Å². The SMILES string of the molecule is O=C(Nc1nc2ccccc2[nH]1)c1ccc(NS(=O)(=O)c2ccc(F)cc2)cc1. The van der Waals surface area contributed by atoms with Crippen molar-refractivity contribution in [3.8, 4) is 0 Å². The van der Waals surface area contributed by atoms with Crippen LogP contribution in [-0.4, -0.2) is 24.3 Å². The summed E-state index contributed by atoms with van der Waals surface area (Å²) < 4.78 is 40.0. The molecule has 146 valence electrons. The van der Waals surface area contributed by atoms with Gasteiger partial charge >= 0.3 is 0 Å². The molecule has 0 saturated carbocycles. The minimum Gasteiger partial charge on any atom is -0.324 e. The molecule has 0 aliphatic heterocycles. The maximum Gasteiger partial charge on any atom is 0.261 e. The van der Waals surface area contributed by atoms with Gasteiger partial charge in [0.05, 0.1) is 15.9 Å². The molecular weight excluding hydrogens is 395 g/mol. The number of sulfonamides is 1. The number of aromatic amines is 1. The van der Waals surface area contributed by atoms with Gasteiger partial charge in [-0.15, -0.1) is 0 Å². The number of amides is 1. The van der Waals surface area contributed by atoms with Gasteiger partial charge in [0.1, 0.15) is 5.82 Å². The predicted molar refractivity (Wildman–Crippen MR) is 108 cm³/mol. The molecule has 1 heterocycles. The predicted octanol–water partition coefficient (Wildman–Crippen LogP) is 3.76. The highest BCUT2D eigenvalue weighted by atomic mass is 32.2. The van der Waals surface area contributed by atoms with Crippen molar-refractivity contribution in [2.75, 3.05) is 10.0 Å². The van der Waals surface area contributed by atoms with E-state index in [2.05, 4.69) is 20.0 Å². The fraction of sp³-hybridized carbons (Fsp3) is 0. The van der Waals surface area contributed by atoms with Crippen molar-refractivity contribution in [1.29, 1.82) is 0 Å². The zero-order chi connectivity index (χ0) is 20.4. The number of anilines is 2. The zero-order valence-electron chi connectivity index (χ0n) is 14.9. The van der Waals surface area contributed by atoms with Crippen LogP contribution in [-0.2, 0) is 10.0 Å². The smallest absolute Gasteiger partial charge is 0.261 e. The summed E-state index contributed by atoms with van der Waals surface area (Å²) in [7, 11) is -3.86. The van der Waals surface area contributed by atoms with E-state index in [9.17, 15) is 17.6 Å². The highest BCUT2D eigenvalue weighted by molar-refractivity contribution is 7.92. The summed E-state index contributed by atoms with van der Waals surface area (Å²) in [6.07, 6.45) is 0. The van der Waals surface area contributed by atoms with E-state index in [-0.39, 0.29) is 10.6 Å². The number of benzene rings is 3. The number of nitrogens with one attached hydrogen (secondary N) is 3. The van der Waals surface area contributed by atoms with Gasteiger partial charge in [0.15, 0.2) is 0 Å². The first-order valence-corrected chi connectivity index (χ1v) is 10.0. The fourth-order valence-electron chi connectivity index (χ4n) is 2.71. The summed E-state index contributed by atoms with van der Waals surface area (Å²) in [5, 5.41) is 2.67. The van der Waals surface area contributed by atoms with E-state index < -0.39 is 21.7 Å². The van der Waals surface area contributed by atoms with Gasteiger partial charge in [-0.05, 0) is 60.7 Å². The number of fused-ring (bicyclic) bond motifs is 1. The molecule has 0 aliphatic carbocycles. The third-order valence-electron chi connectivity index (χ3n) is 4.14. The first-order chi connectivity index (χ1) is 13.9. The number of halogens is 1. The Hall–Kier alpha value is -3.72. The minimum atomic E-state index is -3.86. The normalized spacial score (nSPS) is 11.3. The average molecular weight is 410 g/mol. The Labute approximate surface area is 165 Å². The topological polar surface area (TPSA) is 104 Å².